The number of aliphatic hydroxyl groups excluding tert-OH is 1. The molecule has 1 aliphatic heterocycles. The molecule has 1 aliphatic rings. The van der Waals surface area contributed by atoms with Crippen molar-refractivity contribution in [1.82, 2.24) is 5.32 Å². The van der Waals surface area contributed by atoms with Gasteiger partial charge in [0.2, 0.25) is 0 Å². The van der Waals surface area contributed by atoms with E-state index in [9.17, 15) is 15.1 Å². The smallest absolute Gasteiger partial charge is 0.251 e. The lowest BCUT2D eigenvalue weighted by Crippen LogP contribution is -2.39. The van der Waals surface area contributed by atoms with Gasteiger partial charge in [-0.25, -0.2) is 0 Å². The van der Waals surface area contributed by atoms with E-state index >= 15 is 0 Å². The van der Waals surface area contributed by atoms with Crippen LogP contribution >= 0.6 is 11.8 Å². The molecule has 8 heteroatoms. The molecule has 40 heavy (non-hydrogen) atoms. The number of thioether (sulfide) groups is 1. The van der Waals surface area contributed by atoms with E-state index in [-0.39, 0.29) is 30.6 Å². The number of ether oxygens (including phenoxy) is 2. The molecule has 206 valence electrons. The molecule has 4 atom stereocenters. The standard InChI is InChI=1S/C32H32N2O5S/c1-22-28(21-40-29-9-5-6-18-34(29)37)38-32(39-30(22)25-14-12-24(20-35)13-15-25)27-16-10-23(11-17-27)19-33-31(36)26-7-3-2-4-8-26/h2-18,22,28,30,32,35H,19-21H2,1H3,(H,33,36). The summed E-state index contributed by atoms with van der Waals surface area (Å²) < 4.78 is 13.9. The Morgan fingerprint density at radius 1 is 0.900 bits per heavy atom. The lowest BCUT2D eigenvalue weighted by atomic mass is 9.91. The Morgan fingerprint density at radius 3 is 2.27 bits per heavy atom. The van der Waals surface area contributed by atoms with E-state index < -0.39 is 6.29 Å². The quantitative estimate of drug-likeness (QED) is 0.165. The van der Waals surface area contributed by atoms with Crippen molar-refractivity contribution in [2.75, 3.05) is 5.75 Å². The summed E-state index contributed by atoms with van der Waals surface area (Å²) in [6.07, 6.45) is 0.468. The zero-order valence-corrected chi connectivity index (χ0v) is 23.0. The maximum atomic E-state index is 12.4. The molecule has 1 fully saturated rings. The average molecular weight is 557 g/mol. The molecule has 7 nitrogen and oxygen atoms in total. The van der Waals surface area contributed by atoms with Crippen LogP contribution in [0.3, 0.4) is 0 Å². The number of nitrogens with one attached hydrogen (secondary N) is 1. The summed E-state index contributed by atoms with van der Waals surface area (Å²) in [4.78, 5) is 12.4. The van der Waals surface area contributed by atoms with E-state index in [1.54, 1.807) is 24.3 Å². The molecule has 1 amide bonds. The lowest BCUT2D eigenvalue weighted by molar-refractivity contribution is -0.645. The van der Waals surface area contributed by atoms with E-state index in [2.05, 4.69) is 12.2 Å². The van der Waals surface area contributed by atoms with Crippen molar-refractivity contribution < 1.29 is 24.1 Å². The highest BCUT2D eigenvalue weighted by molar-refractivity contribution is 7.99. The Morgan fingerprint density at radius 2 is 1.57 bits per heavy atom. The van der Waals surface area contributed by atoms with Gasteiger partial charge in [0, 0.05) is 41.5 Å². The summed E-state index contributed by atoms with van der Waals surface area (Å²) in [5.74, 6) is 0.480. The molecule has 0 spiro atoms. The second kappa shape index (κ2) is 13.1. The van der Waals surface area contributed by atoms with Gasteiger partial charge in [-0.05, 0) is 34.9 Å². The van der Waals surface area contributed by atoms with Crippen LogP contribution in [0.2, 0.25) is 0 Å². The van der Waals surface area contributed by atoms with Gasteiger partial charge in [0.1, 0.15) is 0 Å². The van der Waals surface area contributed by atoms with Crippen LogP contribution in [0, 0.1) is 11.1 Å². The predicted molar refractivity (Wildman–Crippen MR) is 153 cm³/mol. The Balaban J connectivity index is 1.31. The first-order chi connectivity index (χ1) is 19.5. The molecule has 5 rings (SSSR count). The van der Waals surface area contributed by atoms with Crippen LogP contribution in [-0.2, 0) is 22.6 Å². The Bertz CT molecular complexity index is 1400. The summed E-state index contributed by atoms with van der Waals surface area (Å²) in [5, 5.41) is 25.2. The van der Waals surface area contributed by atoms with Gasteiger partial charge in [-0.1, -0.05) is 85.4 Å². The molecule has 4 aromatic rings. The number of benzene rings is 3. The van der Waals surface area contributed by atoms with E-state index in [1.807, 2.05) is 72.8 Å². The minimum absolute atomic E-state index is 0.0139. The van der Waals surface area contributed by atoms with Crippen LogP contribution in [0.5, 0.6) is 0 Å². The number of aliphatic hydroxyl groups is 1. The molecule has 0 radical (unpaired) electrons. The van der Waals surface area contributed by atoms with Crippen molar-refractivity contribution in [3.8, 4) is 0 Å². The number of hydrogen-bond donors (Lipinski definition) is 2. The van der Waals surface area contributed by atoms with Gasteiger partial charge in [0.05, 0.1) is 18.8 Å². The number of rotatable bonds is 9. The van der Waals surface area contributed by atoms with Crippen LogP contribution in [0.15, 0.2) is 108 Å². The Labute approximate surface area is 238 Å². The van der Waals surface area contributed by atoms with E-state index in [0.717, 1.165) is 27.0 Å². The zero-order valence-electron chi connectivity index (χ0n) is 22.2. The van der Waals surface area contributed by atoms with Crippen molar-refractivity contribution in [1.29, 1.82) is 0 Å². The number of nitrogens with zero attached hydrogens (tertiary/aromatic N) is 1. The van der Waals surface area contributed by atoms with Crippen LogP contribution in [0.1, 0.15) is 51.9 Å². The number of hydrogen-bond acceptors (Lipinski definition) is 6. The molecule has 1 saturated heterocycles. The van der Waals surface area contributed by atoms with E-state index in [0.29, 0.717) is 22.9 Å². The summed E-state index contributed by atoms with van der Waals surface area (Å²) in [7, 11) is 0. The van der Waals surface area contributed by atoms with Gasteiger partial charge in [0.25, 0.3) is 10.9 Å². The van der Waals surface area contributed by atoms with Gasteiger partial charge < -0.3 is 25.1 Å². The second-order valence-electron chi connectivity index (χ2n) is 9.79. The topological polar surface area (TPSA) is 94.7 Å². The molecular weight excluding hydrogens is 524 g/mol. The lowest BCUT2D eigenvalue weighted by Gasteiger charge is -2.41. The maximum absolute atomic E-state index is 12.4. The number of carbonyl (C=O) groups excluding carboxylic acids is 1. The van der Waals surface area contributed by atoms with E-state index in [1.165, 1.54) is 18.0 Å². The van der Waals surface area contributed by atoms with Crippen LogP contribution in [-0.4, -0.2) is 22.9 Å². The Kier molecular flexibility index (Phi) is 9.13. The van der Waals surface area contributed by atoms with Crippen molar-refractivity contribution in [3.63, 3.8) is 0 Å². The van der Waals surface area contributed by atoms with Crippen LogP contribution in [0.25, 0.3) is 0 Å². The molecule has 0 bridgehead atoms. The van der Waals surface area contributed by atoms with Crippen LogP contribution in [0.4, 0.5) is 0 Å². The van der Waals surface area contributed by atoms with Crippen molar-refractivity contribution in [3.05, 3.63) is 136 Å². The third-order valence-corrected chi connectivity index (χ3v) is 8.16. The summed E-state index contributed by atoms with van der Waals surface area (Å²) in [6.45, 7) is 2.49. The fourth-order valence-electron chi connectivity index (χ4n) is 4.67. The first-order valence-corrected chi connectivity index (χ1v) is 14.2. The van der Waals surface area contributed by atoms with Gasteiger partial charge in [-0.2, -0.15) is 4.73 Å². The minimum atomic E-state index is -0.604. The van der Waals surface area contributed by atoms with Gasteiger partial charge in [0.15, 0.2) is 12.5 Å². The second-order valence-corrected chi connectivity index (χ2v) is 10.8. The molecule has 1 aromatic heterocycles. The molecule has 0 saturated carbocycles. The third-order valence-electron chi connectivity index (χ3n) is 7.05. The summed E-state index contributed by atoms with van der Waals surface area (Å²) in [6, 6.07) is 30.1. The van der Waals surface area contributed by atoms with Crippen LogP contribution < -0.4 is 10.0 Å². The third kappa shape index (κ3) is 6.71. The fraction of sp³-hybridized carbons (Fsp3) is 0.250. The van der Waals surface area contributed by atoms with Gasteiger partial charge in [-0.15, -0.1) is 0 Å². The predicted octanol–water partition coefficient (Wildman–Crippen LogP) is 5.33. The zero-order chi connectivity index (χ0) is 27.9. The van der Waals surface area contributed by atoms with Crippen molar-refractivity contribution in [2.45, 2.75) is 43.6 Å². The average Bonchev–Trinajstić information content (AvgIpc) is 3.01. The SMILES string of the molecule is CC1C(CSc2cccc[n+]2[O-])OC(c2ccc(CNC(=O)c3ccccc3)cc2)OC1c1ccc(CO)cc1. The minimum Gasteiger partial charge on any atom is -0.618 e. The Hall–Kier alpha value is -3.69. The number of carbonyl (C=O) groups is 1. The largest absolute Gasteiger partial charge is 0.618 e. The first-order valence-electron chi connectivity index (χ1n) is 13.3. The number of pyridine rings is 1. The summed E-state index contributed by atoms with van der Waals surface area (Å²) in [5.41, 5.74) is 4.30. The highest BCUT2D eigenvalue weighted by atomic mass is 32.2. The molecule has 4 unspecified atom stereocenters. The van der Waals surface area contributed by atoms with Crippen molar-refractivity contribution >= 4 is 17.7 Å². The monoisotopic (exact) mass is 556 g/mol. The first kappa shape index (κ1) is 27.9. The van der Waals surface area contributed by atoms with Gasteiger partial charge in [-0.3, -0.25) is 4.79 Å². The highest BCUT2D eigenvalue weighted by Crippen LogP contribution is 2.42. The molecule has 3 aromatic carbocycles. The number of amides is 1. The molecular formula is C32H32N2O5S. The molecule has 0 aliphatic carbocycles. The summed E-state index contributed by atoms with van der Waals surface area (Å²) >= 11 is 1.46. The molecule has 2 N–H and O–H groups in total. The normalized spacial score (nSPS) is 20.6. The van der Waals surface area contributed by atoms with E-state index in [4.69, 9.17) is 9.47 Å². The fourth-order valence-corrected chi connectivity index (χ4v) is 5.75. The van der Waals surface area contributed by atoms with Gasteiger partial charge >= 0.3 is 0 Å². The number of aromatic nitrogens is 1. The molecule has 2 heterocycles. The maximum Gasteiger partial charge on any atom is 0.251 e. The highest BCUT2D eigenvalue weighted by Gasteiger charge is 2.38. The van der Waals surface area contributed by atoms with Crippen molar-refractivity contribution in [2.24, 2.45) is 5.92 Å².